The number of benzene rings is 1. The number of thioether (sulfide) groups is 1. The van der Waals surface area contributed by atoms with E-state index in [-0.39, 0.29) is 5.91 Å². The van der Waals surface area contributed by atoms with Crippen molar-refractivity contribution in [1.82, 2.24) is 25.4 Å². The van der Waals surface area contributed by atoms with Crippen molar-refractivity contribution in [2.24, 2.45) is 0 Å². The van der Waals surface area contributed by atoms with E-state index in [1.54, 1.807) is 6.92 Å². The minimum atomic E-state index is -0.529. The van der Waals surface area contributed by atoms with Crippen LogP contribution in [0.3, 0.4) is 0 Å². The van der Waals surface area contributed by atoms with Gasteiger partial charge in [-0.25, -0.2) is 4.79 Å². The molecule has 1 aromatic heterocycles. The van der Waals surface area contributed by atoms with Crippen LogP contribution in [-0.4, -0.2) is 39.0 Å². The number of hydrogen-bond acceptors (Lipinski definition) is 5. The van der Waals surface area contributed by atoms with E-state index in [2.05, 4.69) is 20.8 Å². The highest BCUT2D eigenvalue weighted by atomic mass is 32.2. The second kappa shape index (κ2) is 7.28. The molecule has 2 aromatic rings. The average Bonchev–Trinajstić information content (AvgIpc) is 2.88. The van der Waals surface area contributed by atoms with E-state index in [0.717, 1.165) is 17.1 Å². The highest BCUT2D eigenvalue weighted by Gasteiger charge is 2.21. The van der Waals surface area contributed by atoms with E-state index in [1.807, 2.05) is 42.7 Å². The predicted octanol–water partition coefficient (Wildman–Crippen LogP) is 1.82. The summed E-state index contributed by atoms with van der Waals surface area (Å²) in [7, 11) is 1.46. The molecule has 8 heteroatoms. The molecule has 0 unspecified atom stereocenters. The van der Waals surface area contributed by atoms with Crippen molar-refractivity contribution in [3.05, 3.63) is 35.7 Å². The molecule has 1 heterocycles. The van der Waals surface area contributed by atoms with Crippen LogP contribution in [0.5, 0.6) is 0 Å². The van der Waals surface area contributed by atoms with Gasteiger partial charge in [-0.2, -0.15) is 0 Å². The number of nitrogens with one attached hydrogen (secondary N) is 2. The molecule has 122 valence electrons. The van der Waals surface area contributed by atoms with Crippen LogP contribution in [0.4, 0.5) is 4.79 Å². The third kappa shape index (κ3) is 4.10. The van der Waals surface area contributed by atoms with Gasteiger partial charge >= 0.3 is 6.03 Å². The first-order valence-electron chi connectivity index (χ1n) is 7.10. The molecular weight excluding hydrogens is 314 g/mol. The molecule has 0 bridgehead atoms. The number of aromatic nitrogens is 3. The van der Waals surface area contributed by atoms with Crippen molar-refractivity contribution >= 4 is 23.7 Å². The van der Waals surface area contributed by atoms with Crippen molar-refractivity contribution in [1.29, 1.82) is 0 Å². The average molecular weight is 333 g/mol. The third-order valence-electron chi connectivity index (χ3n) is 3.20. The Labute approximate surface area is 138 Å². The molecule has 1 atom stereocenters. The van der Waals surface area contributed by atoms with Crippen LogP contribution in [0.25, 0.3) is 5.69 Å². The lowest BCUT2D eigenvalue weighted by Gasteiger charge is -2.12. The Morgan fingerprint density at radius 3 is 2.43 bits per heavy atom. The Balaban J connectivity index is 2.20. The molecule has 0 saturated heterocycles. The highest BCUT2D eigenvalue weighted by molar-refractivity contribution is 8.00. The topological polar surface area (TPSA) is 88.9 Å². The molecule has 3 amide bonds. The van der Waals surface area contributed by atoms with E-state index in [4.69, 9.17) is 0 Å². The Hall–Kier alpha value is -2.35. The predicted molar refractivity (Wildman–Crippen MR) is 88.8 cm³/mol. The van der Waals surface area contributed by atoms with Gasteiger partial charge in [0.2, 0.25) is 5.91 Å². The summed E-state index contributed by atoms with van der Waals surface area (Å²) >= 11 is 1.25. The fraction of sp³-hybridized carbons (Fsp3) is 0.333. The first kappa shape index (κ1) is 17.0. The summed E-state index contributed by atoms with van der Waals surface area (Å²) in [5, 5.41) is 12.9. The summed E-state index contributed by atoms with van der Waals surface area (Å²) in [6.07, 6.45) is 0. The summed E-state index contributed by atoms with van der Waals surface area (Å²) in [5.74, 6) is 0.348. The maximum atomic E-state index is 12.0. The zero-order chi connectivity index (χ0) is 17.0. The maximum Gasteiger partial charge on any atom is 0.321 e. The summed E-state index contributed by atoms with van der Waals surface area (Å²) < 4.78 is 1.88. The minimum absolute atomic E-state index is 0.384. The maximum absolute atomic E-state index is 12.0. The SMILES string of the molecule is CNC(=O)NC(=O)[C@H](C)Sc1nnc(C)n1-c1ccc(C)cc1. The minimum Gasteiger partial charge on any atom is -0.341 e. The standard InChI is InChI=1S/C15H19N5O2S/c1-9-5-7-12(8-6-9)20-11(3)18-19-15(20)23-10(2)13(21)17-14(22)16-4/h5-8,10H,1-4H3,(H2,16,17,21,22)/t10-/m0/s1. The molecule has 23 heavy (non-hydrogen) atoms. The summed E-state index contributed by atoms with van der Waals surface area (Å²) in [5.41, 5.74) is 2.09. The second-order valence-corrected chi connectivity index (χ2v) is 6.34. The highest BCUT2D eigenvalue weighted by Crippen LogP contribution is 2.25. The van der Waals surface area contributed by atoms with Crippen molar-refractivity contribution in [2.45, 2.75) is 31.2 Å². The van der Waals surface area contributed by atoms with Gasteiger partial charge < -0.3 is 5.32 Å². The molecule has 1 aromatic carbocycles. The Morgan fingerprint density at radius 1 is 1.17 bits per heavy atom. The Kier molecular flexibility index (Phi) is 5.38. The fourth-order valence-electron chi connectivity index (χ4n) is 1.90. The fourth-order valence-corrected chi connectivity index (χ4v) is 2.81. The van der Waals surface area contributed by atoms with Gasteiger partial charge in [-0.3, -0.25) is 14.7 Å². The van der Waals surface area contributed by atoms with E-state index in [9.17, 15) is 9.59 Å². The molecule has 0 spiro atoms. The zero-order valence-corrected chi connectivity index (χ0v) is 14.3. The van der Waals surface area contributed by atoms with Crippen LogP contribution in [0, 0.1) is 13.8 Å². The van der Waals surface area contributed by atoms with Gasteiger partial charge in [-0.05, 0) is 32.9 Å². The Bertz CT molecular complexity index is 711. The van der Waals surface area contributed by atoms with Crippen molar-refractivity contribution < 1.29 is 9.59 Å². The molecule has 0 aliphatic heterocycles. The first-order valence-corrected chi connectivity index (χ1v) is 7.98. The van der Waals surface area contributed by atoms with Gasteiger partial charge in [0.1, 0.15) is 5.82 Å². The van der Waals surface area contributed by atoms with Crippen molar-refractivity contribution in [2.75, 3.05) is 7.05 Å². The van der Waals surface area contributed by atoms with Gasteiger partial charge in [-0.15, -0.1) is 10.2 Å². The van der Waals surface area contributed by atoms with Gasteiger partial charge in [0.15, 0.2) is 5.16 Å². The van der Waals surface area contributed by atoms with E-state index >= 15 is 0 Å². The lowest BCUT2D eigenvalue weighted by Crippen LogP contribution is -2.41. The van der Waals surface area contributed by atoms with E-state index < -0.39 is 11.3 Å². The quantitative estimate of drug-likeness (QED) is 0.833. The van der Waals surface area contributed by atoms with E-state index in [1.165, 1.54) is 18.8 Å². The number of hydrogen-bond donors (Lipinski definition) is 2. The lowest BCUT2D eigenvalue weighted by atomic mass is 10.2. The smallest absolute Gasteiger partial charge is 0.321 e. The summed E-state index contributed by atoms with van der Waals surface area (Å²) in [6, 6.07) is 7.44. The number of imide groups is 1. The van der Waals surface area contributed by atoms with Crippen LogP contribution in [0.1, 0.15) is 18.3 Å². The van der Waals surface area contributed by atoms with Crippen LogP contribution in [-0.2, 0) is 4.79 Å². The molecule has 2 N–H and O–H groups in total. The number of nitrogens with zero attached hydrogens (tertiary/aromatic N) is 3. The Morgan fingerprint density at radius 2 is 1.83 bits per heavy atom. The summed E-state index contributed by atoms with van der Waals surface area (Å²) in [4.78, 5) is 23.2. The molecule has 0 radical (unpaired) electrons. The first-order chi connectivity index (χ1) is 10.9. The molecule has 2 rings (SSSR count). The number of carbonyl (C=O) groups is 2. The molecule has 0 aliphatic rings. The number of urea groups is 1. The molecule has 0 saturated carbocycles. The molecule has 0 aliphatic carbocycles. The number of carbonyl (C=O) groups excluding carboxylic acids is 2. The number of amides is 3. The van der Waals surface area contributed by atoms with Crippen molar-refractivity contribution in [3.63, 3.8) is 0 Å². The zero-order valence-electron chi connectivity index (χ0n) is 13.5. The van der Waals surface area contributed by atoms with Gasteiger partial charge in [0, 0.05) is 12.7 Å². The van der Waals surface area contributed by atoms with Crippen LogP contribution < -0.4 is 10.6 Å². The van der Waals surface area contributed by atoms with Crippen LogP contribution in [0.15, 0.2) is 29.4 Å². The molecule has 0 fully saturated rings. The van der Waals surface area contributed by atoms with Crippen LogP contribution in [0.2, 0.25) is 0 Å². The van der Waals surface area contributed by atoms with Gasteiger partial charge in [0.25, 0.3) is 0 Å². The monoisotopic (exact) mass is 333 g/mol. The normalized spacial score (nSPS) is 11.8. The van der Waals surface area contributed by atoms with Crippen molar-refractivity contribution in [3.8, 4) is 5.69 Å². The van der Waals surface area contributed by atoms with E-state index in [0.29, 0.717) is 5.16 Å². The number of rotatable bonds is 4. The van der Waals surface area contributed by atoms with Gasteiger partial charge in [0.05, 0.1) is 5.25 Å². The third-order valence-corrected chi connectivity index (χ3v) is 4.25. The largest absolute Gasteiger partial charge is 0.341 e. The molecular formula is C15H19N5O2S. The number of aryl methyl sites for hydroxylation is 2. The lowest BCUT2D eigenvalue weighted by molar-refractivity contribution is -0.119. The van der Waals surface area contributed by atoms with Gasteiger partial charge in [-0.1, -0.05) is 29.5 Å². The summed E-state index contributed by atoms with van der Waals surface area (Å²) in [6.45, 7) is 5.59. The second-order valence-electron chi connectivity index (χ2n) is 5.03. The van der Waals surface area contributed by atoms with Crippen LogP contribution >= 0.6 is 11.8 Å². The molecule has 7 nitrogen and oxygen atoms in total.